The second-order valence-electron chi connectivity index (χ2n) is 5.44. The first kappa shape index (κ1) is 14.2. The van der Waals surface area contributed by atoms with Crippen LogP contribution in [-0.4, -0.2) is 20.7 Å². The molecule has 3 nitrogen and oxygen atoms in total. The van der Waals surface area contributed by atoms with Crippen molar-refractivity contribution in [3.8, 4) is 0 Å². The number of ether oxygens (including phenoxy) is 1. The van der Waals surface area contributed by atoms with Gasteiger partial charge in [0, 0.05) is 14.1 Å². The molecule has 4 heteroatoms. The van der Waals surface area contributed by atoms with Gasteiger partial charge in [-0.15, -0.1) is 0 Å². The summed E-state index contributed by atoms with van der Waals surface area (Å²) in [5.74, 6) is 0. The lowest BCUT2D eigenvalue weighted by Crippen LogP contribution is -2.24. The number of nitrogens with zero attached hydrogens (tertiary/aromatic N) is 1. The van der Waals surface area contributed by atoms with E-state index in [1.54, 1.807) is 0 Å². The van der Waals surface area contributed by atoms with Crippen molar-refractivity contribution in [2.75, 3.05) is 30.9 Å². The van der Waals surface area contributed by atoms with E-state index in [2.05, 4.69) is 35.6 Å². The lowest BCUT2D eigenvalue weighted by atomic mass is 9.99. The molecule has 1 aliphatic rings. The molecule has 0 radical (unpaired) electrons. The maximum absolute atomic E-state index is 6.33. The van der Waals surface area contributed by atoms with Gasteiger partial charge in [-0.2, -0.15) is 0 Å². The van der Waals surface area contributed by atoms with Crippen LogP contribution in [0.15, 0.2) is 42.5 Å². The minimum Gasteiger partial charge on any atom is -0.375 e. The second kappa shape index (κ2) is 5.96. The molecule has 0 fully saturated rings. The molecule has 0 saturated carbocycles. The Morgan fingerprint density at radius 1 is 1.14 bits per heavy atom. The predicted octanol–water partition coefficient (Wildman–Crippen LogP) is 4.09. The van der Waals surface area contributed by atoms with E-state index in [0.717, 1.165) is 16.4 Å². The lowest BCUT2D eigenvalue weighted by molar-refractivity contribution is 0.0970. The Labute approximate surface area is 130 Å². The molecule has 2 aromatic rings. The summed E-state index contributed by atoms with van der Waals surface area (Å²) in [7, 11) is 4.00. The van der Waals surface area contributed by atoms with Crippen molar-refractivity contribution in [1.29, 1.82) is 0 Å². The average Bonchev–Trinajstić information content (AvgIpc) is 2.47. The van der Waals surface area contributed by atoms with Crippen LogP contribution in [-0.2, 0) is 11.3 Å². The number of rotatable bonds is 3. The molecule has 0 amide bonds. The predicted molar refractivity (Wildman–Crippen MR) is 88.2 cm³/mol. The van der Waals surface area contributed by atoms with Gasteiger partial charge in [-0.25, -0.2) is 0 Å². The Morgan fingerprint density at radius 3 is 2.76 bits per heavy atom. The lowest BCUT2D eigenvalue weighted by Gasteiger charge is -2.29. The normalized spacial score (nSPS) is 17.2. The van der Waals surface area contributed by atoms with Gasteiger partial charge >= 0.3 is 0 Å². The Hall–Kier alpha value is -1.71. The van der Waals surface area contributed by atoms with E-state index in [0.29, 0.717) is 13.2 Å². The summed E-state index contributed by atoms with van der Waals surface area (Å²) in [6.07, 6.45) is 0. The van der Waals surface area contributed by atoms with Crippen LogP contribution in [0.5, 0.6) is 0 Å². The summed E-state index contributed by atoms with van der Waals surface area (Å²) in [6, 6.07) is 14.5. The van der Waals surface area contributed by atoms with E-state index in [4.69, 9.17) is 16.3 Å². The largest absolute Gasteiger partial charge is 0.375 e. The summed E-state index contributed by atoms with van der Waals surface area (Å²) in [4.78, 5) is 2.03. The first-order chi connectivity index (χ1) is 10.2. The number of nitrogens with one attached hydrogen (secondary N) is 1. The topological polar surface area (TPSA) is 24.5 Å². The molecular weight excluding hydrogens is 284 g/mol. The third-order valence-corrected chi connectivity index (χ3v) is 4.04. The van der Waals surface area contributed by atoms with Crippen molar-refractivity contribution in [1.82, 2.24) is 0 Å². The van der Waals surface area contributed by atoms with Crippen molar-refractivity contribution in [2.24, 2.45) is 0 Å². The molecule has 3 rings (SSSR count). The summed E-state index contributed by atoms with van der Waals surface area (Å²) in [6.45, 7) is 1.35. The van der Waals surface area contributed by atoms with Crippen molar-refractivity contribution in [2.45, 2.75) is 12.6 Å². The van der Waals surface area contributed by atoms with Crippen LogP contribution >= 0.6 is 11.6 Å². The minimum absolute atomic E-state index is 0.145. The molecule has 110 valence electrons. The van der Waals surface area contributed by atoms with Crippen molar-refractivity contribution in [3.05, 3.63) is 58.6 Å². The number of anilines is 2. The monoisotopic (exact) mass is 302 g/mol. The number of fused-ring (bicyclic) bond motifs is 1. The molecule has 1 N–H and O–H groups in total. The number of para-hydroxylation sites is 1. The highest BCUT2D eigenvalue weighted by molar-refractivity contribution is 6.34. The first-order valence-electron chi connectivity index (χ1n) is 7.04. The van der Waals surface area contributed by atoms with E-state index in [1.807, 2.05) is 31.1 Å². The summed E-state index contributed by atoms with van der Waals surface area (Å²) in [5.41, 5.74) is 4.57. The molecular formula is C17H19ClN2O. The second-order valence-corrected chi connectivity index (χ2v) is 5.85. The highest BCUT2D eigenvalue weighted by Gasteiger charge is 2.21. The number of halogens is 1. The van der Waals surface area contributed by atoms with Crippen LogP contribution in [0.25, 0.3) is 0 Å². The number of hydrogen-bond acceptors (Lipinski definition) is 3. The van der Waals surface area contributed by atoms with Crippen molar-refractivity contribution >= 4 is 23.0 Å². The maximum Gasteiger partial charge on any atom is 0.0786 e. The van der Waals surface area contributed by atoms with E-state index in [-0.39, 0.29) is 6.04 Å². The summed E-state index contributed by atoms with van der Waals surface area (Å²) in [5, 5.41) is 4.32. The minimum atomic E-state index is 0.145. The molecule has 2 aromatic carbocycles. The van der Waals surface area contributed by atoms with Crippen LogP contribution in [0.4, 0.5) is 11.4 Å². The molecule has 21 heavy (non-hydrogen) atoms. The van der Waals surface area contributed by atoms with Crippen LogP contribution in [0.1, 0.15) is 17.2 Å². The van der Waals surface area contributed by atoms with Crippen LogP contribution in [0.3, 0.4) is 0 Å². The van der Waals surface area contributed by atoms with E-state index in [9.17, 15) is 0 Å². The molecule has 0 aliphatic carbocycles. The zero-order chi connectivity index (χ0) is 14.8. The number of benzene rings is 2. The van der Waals surface area contributed by atoms with Crippen molar-refractivity contribution < 1.29 is 4.74 Å². The quantitative estimate of drug-likeness (QED) is 0.924. The van der Waals surface area contributed by atoms with Crippen molar-refractivity contribution in [3.63, 3.8) is 0 Å². The molecule has 0 bridgehead atoms. The first-order valence-corrected chi connectivity index (χ1v) is 7.42. The molecule has 1 aliphatic heterocycles. The molecule has 0 aromatic heterocycles. The molecule has 1 unspecified atom stereocenters. The third kappa shape index (κ3) is 2.85. The third-order valence-electron chi connectivity index (χ3n) is 3.74. The van der Waals surface area contributed by atoms with Crippen LogP contribution in [0, 0.1) is 0 Å². The van der Waals surface area contributed by atoms with Gasteiger partial charge in [0.1, 0.15) is 0 Å². The Morgan fingerprint density at radius 2 is 1.95 bits per heavy atom. The zero-order valence-corrected chi connectivity index (χ0v) is 13.0. The molecule has 1 heterocycles. The van der Waals surface area contributed by atoms with Gasteiger partial charge in [-0.3, -0.25) is 0 Å². The van der Waals surface area contributed by atoms with Gasteiger partial charge in [0.2, 0.25) is 0 Å². The standard InChI is InChI=1S/C17H19ClN2O/c1-20(2)17-14(18)8-5-9-15(17)19-16-11-21-10-12-6-3-4-7-13(12)16/h3-9,16,19H,10-11H2,1-2H3. The Kier molecular flexibility index (Phi) is 4.04. The fourth-order valence-electron chi connectivity index (χ4n) is 2.78. The smallest absolute Gasteiger partial charge is 0.0786 e. The Balaban J connectivity index is 1.94. The molecule has 0 saturated heterocycles. The fraction of sp³-hybridized carbons (Fsp3) is 0.294. The van der Waals surface area contributed by atoms with Crippen LogP contribution in [0.2, 0.25) is 5.02 Å². The summed E-state index contributed by atoms with van der Waals surface area (Å²) < 4.78 is 5.70. The van der Waals surface area contributed by atoms with Gasteiger partial charge in [-0.1, -0.05) is 41.9 Å². The molecule has 1 atom stereocenters. The van der Waals surface area contributed by atoms with Gasteiger partial charge in [0.15, 0.2) is 0 Å². The fourth-order valence-corrected chi connectivity index (χ4v) is 3.12. The number of hydrogen-bond donors (Lipinski definition) is 1. The maximum atomic E-state index is 6.33. The zero-order valence-electron chi connectivity index (χ0n) is 12.3. The van der Waals surface area contributed by atoms with Gasteiger partial charge in [-0.05, 0) is 23.3 Å². The summed E-state index contributed by atoms with van der Waals surface area (Å²) >= 11 is 6.33. The van der Waals surface area contributed by atoms with E-state index >= 15 is 0 Å². The Bertz CT molecular complexity index is 642. The van der Waals surface area contributed by atoms with Gasteiger partial charge in [0.25, 0.3) is 0 Å². The average molecular weight is 303 g/mol. The van der Waals surface area contributed by atoms with Gasteiger partial charge < -0.3 is 15.0 Å². The van der Waals surface area contributed by atoms with Crippen LogP contribution < -0.4 is 10.2 Å². The highest BCUT2D eigenvalue weighted by atomic mass is 35.5. The van der Waals surface area contributed by atoms with Gasteiger partial charge in [0.05, 0.1) is 35.7 Å². The van der Waals surface area contributed by atoms with E-state index in [1.165, 1.54) is 11.1 Å². The highest BCUT2D eigenvalue weighted by Crippen LogP contribution is 2.36. The van der Waals surface area contributed by atoms with E-state index < -0.39 is 0 Å². The SMILES string of the molecule is CN(C)c1c(Cl)cccc1NC1COCc2ccccc21. The molecule has 0 spiro atoms.